The van der Waals surface area contributed by atoms with Gasteiger partial charge in [-0.15, -0.1) is 0 Å². The Balaban J connectivity index is 4.34. The van der Waals surface area contributed by atoms with E-state index in [0.717, 1.165) is 109 Å². The van der Waals surface area contributed by atoms with Crippen LogP contribution >= 0.6 is 0 Å². The molecule has 0 heterocycles. The molecule has 402 valence electrons. The van der Waals surface area contributed by atoms with Crippen molar-refractivity contribution in [1.82, 2.24) is 0 Å². The smallest absolute Gasteiger partial charge is 0.306 e. The van der Waals surface area contributed by atoms with Crippen molar-refractivity contribution in [2.75, 3.05) is 13.2 Å². The Morgan fingerprint density at radius 3 is 0.899 bits per heavy atom. The third kappa shape index (κ3) is 56.2. The van der Waals surface area contributed by atoms with Crippen LogP contribution in [-0.2, 0) is 28.6 Å². The highest BCUT2D eigenvalue weighted by molar-refractivity contribution is 5.71. The maximum Gasteiger partial charge on any atom is 0.306 e. The number of rotatable bonds is 55. The van der Waals surface area contributed by atoms with Gasteiger partial charge in [-0.25, -0.2) is 0 Å². The second-order valence-corrected chi connectivity index (χ2v) is 20.2. The first-order valence-electron chi connectivity index (χ1n) is 30.1. The molecule has 0 spiro atoms. The van der Waals surface area contributed by atoms with Gasteiger partial charge in [0, 0.05) is 19.3 Å². The molecule has 6 nitrogen and oxygen atoms in total. The van der Waals surface area contributed by atoms with Crippen molar-refractivity contribution in [3.05, 3.63) is 48.6 Å². The molecule has 0 aliphatic rings. The topological polar surface area (TPSA) is 78.9 Å². The molecule has 0 rings (SSSR count). The fourth-order valence-corrected chi connectivity index (χ4v) is 8.81. The van der Waals surface area contributed by atoms with Gasteiger partial charge in [-0.3, -0.25) is 14.4 Å². The summed E-state index contributed by atoms with van der Waals surface area (Å²) in [6.45, 7) is 6.55. The van der Waals surface area contributed by atoms with Crippen LogP contribution in [0.25, 0.3) is 0 Å². The lowest BCUT2D eigenvalue weighted by Gasteiger charge is -2.18. The predicted octanol–water partition coefficient (Wildman–Crippen LogP) is 20.2. The van der Waals surface area contributed by atoms with Gasteiger partial charge in [-0.2, -0.15) is 0 Å². The molecule has 0 aromatic rings. The van der Waals surface area contributed by atoms with Gasteiger partial charge in [-0.1, -0.05) is 268 Å². The second kappa shape index (κ2) is 57.9. The van der Waals surface area contributed by atoms with Crippen molar-refractivity contribution >= 4 is 17.9 Å². The number of allylic oxidation sites excluding steroid dienone is 8. The first-order valence-corrected chi connectivity index (χ1v) is 30.1. The number of ether oxygens (including phenoxy) is 3. The Morgan fingerprint density at radius 2 is 0.565 bits per heavy atom. The molecular weight excluding hydrogens is 853 g/mol. The zero-order valence-corrected chi connectivity index (χ0v) is 46.1. The second-order valence-electron chi connectivity index (χ2n) is 20.2. The fraction of sp³-hybridized carbons (Fsp3) is 0.825. The summed E-state index contributed by atoms with van der Waals surface area (Å²) in [5, 5.41) is 0. The molecule has 0 amide bonds. The van der Waals surface area contributed by atoms with Crippen LogP contribution in [0.4, 0.5) is 0 Å². The Bertz CT molecular complexity index is 1200. The predicted molar refractivity (Wildman–Crippen MR) is 298 cm³/mol. The average molecular weight is 968 g/mol. The largest absolute Gasteiger partial charge is 0.462 e. The molecular formula is C63H114O6. The molecule has 1 unspecified atom stereocenters. The monoisotopic (exact) mass is 967 g/mol. The summed E-state index contributed by atoms with van der Waals surface area (Å²) in [6, 6.07) is 0. The van der Waals surface area contributed by atoms with Crippen LogP contribution in [0.3, 0.4) is 0 Å². The van der Waals surface area contributed by atoms with Crippen LogP contribution in [0.5, 0.6) is 0 Å². The van der Waals surface area contributed by atoms with Crippen molar-refractivity contribution in [3.8, 4) is 0 Å². The number of esters is 3. The quantitative estimate of drug-likeness (QED) is 0.0262. The van der Waals surface area contributed by atoms with Gasteiger partial charge in [0.25, 0.3) is 0 Å². The van der Waals surface area contributed by atoms with Crippen LogP contribution in [0.15, 0.2) is 48.6 Å². The molecule has 0 N–H and O–H groups in total. The normalized spacial score (nSPS) is 12.3. The number of carbonyl (C=O) groups excluding carboxylic acids is 3. The standard InChI is InChI=1S/C63H114O6/c1-4-7-10-13-16-19-22-25-28-30-31-32-33-36-38-41-44-47-50-53-56-62(65)68-59-60(58-67-61(64)55-52-49-46-43-40-37-34-27-24-21-18-15-12-9-6-3)69-63(66)57-54-51-48-45-42-39-35-29-26-23-20-17-14-11-8-5-2/h9,12,18,21,27,29,34-35,60H,4-8,10-11,13-17,19-20,22-26,28,30-33,36-59H2,1-3H3/b12-9-,21-18-,34-27-,35-29-. The molecule has 0 saturated carbocycles. The van der Waals surface area contributed by atoms with E-state index < -0.39 is 6.10 Å². The number of hydrogen-bond acceptors (Lipinski definition) is 6. The van der Waals surface area contributed by atoms with Gasteiger partial charge in [0.15, 0.2) is 6.10 Å². The van der Waals surface area contributed by atoms with Crippen LogP contribution in [0.1, 0.15) is 316 Å². The summed E-state index contributed by atoms with van der Waals surface area (Å²) in [6.07, 6.45) is 71.1. The minimum absolute atomic E-state index is 0.0788. The zero-order valence-electron chi connectivity index (χ0n) is 46.1. The van der Waals surface area contributed by atoms with Crippen molar-refractivity contribution in [2.45, 2.75) is 322 Å². The third-order valence-corrected chi connectivity index (χ3v) is 13.3. The van der Waals surface area contributed by atoms with E-state index in [2.05, 4.69) is 69.4 Å². The van der Waals surface area contributed by atoms with E-state index in [0.29, 0.717) is 19.3 Å². The van der Waals surface area contributed by atoms with Gasteiger partial charge < -0.3 is 14.2 Å². The first-order chi connectivity index (χ1) is 34.0. The van der Waals surface area contributed by atoms with Gasteiger partial charge >= 0.3 is 17.9 Å². The van der Waals surface area contributed by atoms with Crippen LogP contribution < -0.4 is 0 Å². The third-order valence-electron chi connectivity index (χ3n) is 13.3. The first kappa shape index (κ1) is 66.4. The minimum atomic E-state index is -0.783. The van der Waals surface area contributed by atoms with Gasteiger partial charge in [0.2, 0.25) is 0 Å². The maximum atomic E-state index is 12.9. The summed E-state index contributed by atoms with van der Waals surface area (Å²) in [4.78, 5) is 38.2. The Hall–Kier alpha value is -2.63. The molecule has 69 heavy (non-hydrogen) atoms. The lowest BCUT2D eigenvalue weighted by atomic mass is 10.0. The lowest BCUT2D eigenvalue weighted by Crippen LogP contribution is -2.30. The van der Waals surface area contributed by atoms with Crippen LogP contribution in [0, 0.1) is 0 Å². The van der Waals surface area contributed by atoms with Crippen molar-refractivity contribution < 1.29 is 28.6 Å². The Morgan fingerprint density at radius 1 is 0.304 bits per heavy atom. The van der Waals surface area contributed by atoms with E-state index in [-0.39, 0.29) is 31.1 Å². The molecule has 0 fully saturated rings. The summed E-state index contributed by atoms with van der Waals surface area (Å²) < 4.78 is 16.9. The molecule has 1 atom stereocenters. The molecule has 0 saturated heterocycles. The zero-order chi connectivity index (χ0) is 50.0. The summed E-state index contributed by atoms with van der Waals surface area (Å²) in [5.41, 5.74) is 0. The minimum Gasteiger partial charge on any atom is -0.462 e. The molecule has 0 aromatic carbocycles. The highest BCUT2D eigenvalue weighted by Gasteiger charge is 2.19. The molecule has 0 aromatic heterocycles. The van der Waals surface area contributed by atoms with Crippen LogP contribution in [0.2, 0.25) is 0 Å². The van der Waals surface area contributed by atoms with Gasteiger partial charge in [0.1, 0.15) is 13.2 Å². The van der Waals surface area contributed by atoms with E-state index >= 15 is 0 Å². The number of hydrogen-bond donors (Lipinski definition) is 0. The lowest BCUT2D eigenvalue weighted by molar-refractivity contribution is -0.167. The highest BCUT2D eigenvalue weighted by atomic mass is 16.6. The van der Waals surface area contributed by atoms with Gasteiger partial charge in [0.05, 0.1) is 0 Å². The average Bonchev–Trinajstić information content (AvgIpc) is 3.35. The SMILES string of the molecule is CC/C=C\C/C=C\C/C=C\CCCCCCCC(=O)OCC(COC(=O)CCCCCCCCCCCCCCCCCCCCCC)OC(=O)CCCCCCC/C=C\CCCCCCCCC. The van der Waals surface area contributed by atoms with Crippen molar-refractivity contribution in [2.24, 2.45) is 0 Å². The maximum absolute atomic E-state index is 12.9. The molecule has 0 aliphatic carbocycles. The number of carbonyl (C=O) groups is 3. The van der Waals surface area contributed by atoms with E-state index in [1.54, 1.807) is 0 Å². The van der Waals surface area contributed by atoms with E-state index in [4.69, 9.17) is 14.2 Å². The summed E-state index contributed by atoms with van der Waals surface area (Å²) in [5.74, 6) is -0.888. The summed E-state index contributed by atoms with van der Waals surface area (Å²) >= 11 is 0. The van der Waals surface area contributed by atoms with Crippen molar-refractivity contribution in [3.63, 3.8) is 0 Å². The fourth-order valence-electron chi connectivity index (χ4n) is 8.81. The van der Waals surface area contributed by atoms with E-state index in [1.807, 2.05) is 0 Å². The molecule has 6 heteroatoms. The van der Waals surface area contributed by atoms with Crippen LogP contribution in [-0.4, -0.2) is 37.2 Å². The highest BCUT2D eigenvalue weighted by Crippen LogP contribution is 2.17. The van der Waals surface area contributed by atoms with E-state index in [1.165, 1.54) is 167 Å². The Labute approximate surface area is 428 Å². The number of unbranched alkanes of at least 4 members (excludes halogenated alkanes) is 36. The van der Waals surface area contributed by atoms with Gasteiger partial charge in [-0.05, 0) is 77.0 Å². The summed E-state index contributed by atoms with van der Waals surface area (Å²) in [7, 11) is 0. The Kier molecular flexibility index (Phi) is 55.7. The molecule has 0 radical (unpaired) electrons. The molecule has 0 aliphatic heterocycles. The van der Waals surface area contributed by atoms with E-state index in [9.17, 15) is 14.4 Å². The molecule has 0 bridgehead atoms. The van der Waals surface area contributed by atoms with Crippen molar-refractivity contribution in [1.29, 1.82) is 0 Å².